The van der Waals surface area contributed by atoms with Crippen LogP contribution in [0.2, 0.25) is 0 Å². The molecule has 82 valence electrons. The Hall–Kier alpha value is -0.740. The number of aldehydes is 1. The highest BCUT2D eigenvalue weighted by Gasteiger charge is 2.22. The van der Waals surface area contributed by atoms with Crippen molar-refractivity contribution in [2.24, 2.45) is 0 Å². The van der Waals surface area contributed by atoms with Crippen molar-refractivity contribution in [1.29, 1.82) is 0 Å². The van der Waals surface area contributed by atoms with Crippen LogP contribution in [0.1, 0.15) is 18.9 Å². The standard InChI is InChI=1S/C11H12BrFO2/c1-11(15,5-6-14)7-8-3-2-4-9(13)10(8)12/h2-4,6,15H,5,7H2,1H3. The van der Waals surface area contributed by atoms with Gasteiger partial charge in [0, 0.05) is 12.8 Å². The van der Waals surface area contributed by atoms with Gasteiger partial charge in [0.05, 0.1) is 10.1 Å². The highest BCUT2D eigenvalue weighted by atomic mass is 79.9. The quantitative estimate of drug-likeness (QED) is 0.857. The Balaban J connectivity index is 2.89. The van der Waals surface area contributed by atoms with Crippen molar-refractivity contribution in [3.8, 4) is 0 Å². The van der Waals surface area contributed by atoms with Crippen molar-refractivity contribution in [3.63, 3.8) is 0 Å². The summed E-state index contributed by atoms with van der Waals surface area (Å²) in [4.78, 5) is 10.3. The van der Waals surface area contributed by atoms with E-state index < -0.39 is 5.60 Å². The molecule has 0 spiro atoms. The lowest BCUT2D eigenvalue weighted by Crippen LogP contribution is -2.27. The second-order valence-corrected chi connectivity index (χ2v) is 4.55. The Bertz CT molecular complexity index is 364. The van der Waals surface area contributed by atoms with Crippen molar-refractivity contribution < 1.29 is 14.3 Å². The van der Waals surface area contributed by atoms with E-state index in [0.29, 0.717) is 16.3 Å². The van der Waals surface area contributed by atoms with Gasteiger partial charge in [-0.15, -0.1) is 0 Å². The monoisotopic (exact) mass is 274 g/mol. The molecule has 1 rings (SSSR count). The van der Waals surface area contributed by atoms with Crippen LogP contribution < -0.4 is 0 Å². The first-order valence-electron chi connectivity index (χ1n) is 4.55. The number of hydrogen-bond donors (Lipinski definition) is 1. The zero-order valence-electron chi connectivity index (χ0n) is 8.34. The van der Waals surface area contributed by atoms with E-state index in [1.165, 1.54) is 6.07 Å². The summed E-state index contributed by atoms with van der Waals surface area (Å²) >= 11 is 3.11. The number of aliphatic hydroxyl groups is 1. The normalized spacial score (nSPS) is 14.7. The minimum Gasteiger partial charge on any atom is -0.389 e. The third kappa shape index (κ3) is 3.39. The number of rotatable bonds is 4. The summed E-state index contributed by atoms with van der Waals surface area (Å²) in [5, 5.41) is 9.81. The molecule has 0 aliphatic heterocycles. The van der Waals surface area contributed by atoms with Crippen LogP contribution in [0.4, 0.5) is 4.39 Å². The van der Waals surface area contributed by atoms with E-state index in [2.05, 4.69) is 15.9 Å². The molecule has 0 saturated carbocycles. The van der Waals surface area contributed by atoms with Gasteiger partial charge in [-0.1, -0.05) is 12.1 Å². The summed E-state index contributed by atoms with van der Waals surface area (Å²) in [6.07, 6.45) is 0.938. The lowest BCUT2D eigenvalue weighted by Gasteiger charge is -2.21. The number of carbonyl (C=O) groups is 1. The smallest absolute Gasteiger partial charge is 0.137 e. The minimum absolute atomic E-state index is 0.0377. The highest BCUT2D eigenvalue weighted by molar-refractivity contribution is 9.10. The van der Waals surface area contributed by atoms with E-state index in [9.17, 15) is 14.3 Å². The van der Waals surface area contributed by atoms with Crippen LogP contribution in [0.5, 0.6) is 0 Å². The molecular formula is C11H12BrFO2. The predicted molar refractivity (Wildman–Crippen MR) is 59.1 cm³/mol. The average molecular weight is 275 g/mol. The van der Waals surface area contributed by atoms with Crippen LogP contribution in [0.3, 0.4) is 0 Å². The van der Waals surface area contributed by atoms with Gasteiger partial charge in [0.25, 0.3) is 0 Å². The van der Waals surface area contributed by atoms with Crippen LogP contribution in [0, 0.1) is 5.82 Å². The molecule has 0 radical (unpaired) electrons. The molecule has 0 amide bonds. The molecule has 1 N–H and O–H groups in total. The van der Waals surface area contributed by atoms with Crippen molar-refractivity contribution in [2.75, 3.05) is 0 Å². The number of benzene rings is 1. The SMILES string of the molecule is CC(O)(CC=O)Cc1cccc(F)c1Br. The molecule has 1 unspecified atom stereocenters. The number of hydrogen-bond acceptors (Lipinski definition) is 2. The lowest BCUT2D eigenvalue weighted by atomic mass is 9.94. The zero-order chi connectivity index (χ0) is 11.5. The van der Waals surface area contributed by atoms with Crippen molar-refractivity contribution in [3.05, 3.63) is 34.1 Å². The molecule has 15 heavy (non-hydrogen) atoms. The zero-order valence-corrected chi connectivity index (χ0v) is 9.92. The van der Waals surface area contributed by atoms with E-state index >= 15 is 0 Å². The van der Waals surface area contributed by atoms with Gasteiger partial charge in [0.1, 0.15) is 12.1 Å². The molecule has 0 aliphatic carbocycles. The maximum atomic E-state index is 13.1. The van der Waals surface area contributed by atoms with Crippen LogP contribution >= 0.6 is 15.9 Å². The molecule has 0 aliphatic rings. The molecule has 0 heterocycles. The van der Waals surface area contributed by atoms with E-state index in [1.54, 1.807) is 19.1 Å². The Labute approximate surface area is 96.2 Å². The Morgan fingerprint density at radius 2 is 2.27 bits per heavy atom. The first-order chi connectivity index (χ1) is 6.96. The Morgan fingerprint density at radius 1 is 1.60 bits per heavy atom. The third-order valence-electron chi connectivity index (χ3n) is 2.13. The summed E-state index contributed by atoms with van der Waals surface area (Å²) in [7, 11) is 0. The van der Waals surface area contributed by atoms with Gasteiger partial charge in [0.15, 0.2) is 0 Å². The molecule has 0 bridgehead atoms. The van der Waals surface area contributed by atoms with Crippen molar-refractivity contribution in [2.45, 2.75) is 25.4 Å². The summed E-state index contributed by atoms with van der Waals surface area (Å²) < 4.78 is 13.5. The molecule has 0 saturated heterocycles. The fraction of sp³-hybridized carbons (Fsp3) is 0.364. The Kier molecular flexibility index (Phi) is 3.99. The summed E-state index contributed by atoms with van der Waals surface area (Å²) in [6.45, 7) is 1.55. The second-order valence-electron chi connectivity index (χ2n) is 3.76. The van der Waals surface area contributed by atoms with Gasteiger partial charge in [-0.3, -0.25) is 0 Å². The summed E-state index contributed by atoms with van der Waals surface area (Å²) in [5.41, 5.74) is -0.472. The Morgan fingerprint density at radius 3 is 2.87 bits per heavy atom. The van der Waals surface area contributed by atoms with Gasteiger partial charge in [0.2, 0.25) is 0 Å². The second kappa shape index (κ2) is 4.86. The van der Waals surface area contributed by atoms with E-state index in [4.69, 9.17) is 0 Å². The fourth-order valence-corrected chi connectivity index (χ4v) is 1.75. The van der Waals surface area contributed by atoms with Crippen LogP contribution in [0.15, 0.2) is 22.7 Å². The van der Waals surface area contributed by atoms with Gasteiger partial charge in [-0.25, -0.2) is 4.39 Å². The first-order valence-corrected chi connectivity index (χ1v) is 5.34. The van der Waals surface area contributed by atoms with Crippen LogP contribution in [0.25, 0.3) is 0 Å². The maximum Gasteiger partial charge on any atom is 0.137 e. The van der Waals surface area contributed by atoms with Gasteiger partial charge in [-0.05, 0) is 34.5 Å². The minimum atomic E-state index is -1.13. The van der Waals surface area contributed by atoms with E-state index in [1.807, 2.05) is 0 Å². The lowest BCUT2D eigenvalue weighted by molar-refractivity contribution is -0.111. The maximum absolute atomic E-state index is 13.1. The largest absolute Gasteiger partial charge is 0.389 e. The number of halogens is 2. The number of carbonyl (C=O) groups excluding carboxylic acids is 1. The molecule has 0 aromatic heterocycles. The van der Waals surface area contributed by atoms with Gasteiger partial charge >= 0.3 is 0 Å². The summed E-state index contributed by atoms with van der Waals surface area (Å²) in [6, 6.07) is 4.63. The molecule has 0 fully saturated rings. The van der Waals surface area contributed by atoms with Gasteiger partial charge in [-0.2, -0.15) is 0 Å². The van der Waals surface area contributed by atoms with E-state index in [0.717, 1.165) is 0 Å². The van der Waals surface area contributed by atoms with Crippen LogP contribution in [-0.2, 0) is 11.2 Å². The van der Waals surface area contributed by atoms with Crippen LogP contribution in [-0.4, -0.2) is 17.0 Å². The van der Waals surface area contributed by atoms with Crippen molar-refractivity contribution in [1.82, 2.24) is 0 Å². The fourth-order valence-electron chi connectivity index (χ4n) is 1.35. The summed E-state index contributed by atoms with van der Waals surface area (Å²) in [5.74, 6) is -0.366. The van der Waals surface area contributed by atoms with Gasteiger partial charge < -0.3 is 9.90 Å². The van der Waals surface area contributed by atoms with Crippen molar-refractivity contribution >= 4 is 22.2 Å². The topological polar surface area (TPSA) is 37.3 Å². The molecular weight excluding hydrogens is 263 g/mol. The molecule has 1 aromatic rings. The third-order valence-corrected chi connectivity index (χ3v) is 3.01. The molecule has 4 heteroatoms. The molecule has 1 aromatic carbocycles. The molecule has 2 nitrogen and oxygen atoms in total. The molecule has 1 atom stereocenters. The first kappa shape index (κ1) is 12.3. The predicted octanol–water partition coefficient (Wildman–Crippen LogP) is 2.47. The van der Waals surface area contributed by atoms with E-state index in [-0.39, 0.29) is 18.7 Å². The average Bonchev–Trinajstić information content (AvgIpc) is 2.12. The highest BCUT2D eigenvalue weighted by Crippen LogP contribution is 2.25.